The minimum atomic E-state index is -0.454. The van der Waals surface area contributed by atoms with Gasteiger partial charge in [0.05, 0.1) is 11.2 Å². The van der Waals surface area contributed by atoms with Crippen LogP contribution in [0.3, 0.4) is 0 Å². The summed E-state index contributed by atoms with van der Waals surface area (Å²) in [6.07, 6.45) is 3.84. The Balaban J connectivity index is 1.30. The van der Waals surface area contributed by atoms with Crippen LogP contribution in [-0.2, 0) is 21.5 Å². The van der Waals surface area contributed by atoms with E-state index in [0.717, 1.165) is 36.1 Å². The maximum atomic E-state index is 13.1. The van der Waals surface area contributed by atoms with E-state index in [9.17, 15) is 9.59 Å². The Labute approximate surface area is 187 Å². The molecule has 0 spiro atoms. The van der Waals surface area contributed by atoms with Gasteiger partial charge in [-0.15, -0.1) is 21.5 Å². The first-order valence-corrected chi connectivity index (χ1v) is 12.5. The molecule has 9 heteroatoms. The van der Waals surface area contributed by atoms with Crippen molar-refractivity contribution in [1.82, 2.24) is 15.5 Å². The number of benzene rings is 1. The summed E-state index contributed by atoms with van der Waals surface area (Å²) in [5.74, 6) is 0.192. The number of aromatic nitrogens is 2. The maximum absolute atomic E-state index is 13.1. The van der Waals surface area contributed by atoms with Gasteiger partial charge in [-0.3, -0.25) is 14.9 Å². The van der Waals surface area contributed by atoms with E-state index in [1.54, 1.807) is 11.3 Å². The zero-order valence-electron chi connectivity index (χ0n) is 16.3. The lowest BCUT2D eigenvalue weighted by molar-refractivity contribution is -0.121. The van der Waals surface area contributed by atoms with Gasteiger partial charge in [0.25, 0.3) is 0 Å². The van der Waals surface area contributed by atoms with Crippen molar-refractivity contribution < 1.29 is 9.59 Å². The lowest BCUT2D eigenvalue weighted by Crippen LogP contribution is -2.37. The smallest absolute Gasteiger partial charge is 0.237 e. The number of nitrogens with one attached hydrogen (secondary N) is 2. The minimum Gasteiger partial charge on any atom is -0.351 e. The molecule has 2 aromatic heterocycles. The van der Waals surface area contributed by atoms with Crippen molar-refractivity contribution in [2.75, 3.05) is 11.1 Å². The highest BCUT2D eigenvalue weighted by Gasteiger charge is 2.43. The van der Waals surface area contributed by atoms with Crippen LogP contribution >= 0.6 is 34.4 Å². The second-order valence-corrected chi connectivity index (χ2v) is 10.3. The van der Waals surface area contributed by atoms with Gasteiger partial charge in [0.2, 0.25) is 16.9 Å². The predicted octanol–water partition coefficient (Wildman–Crippen LogP) is 4.46. The van der Waals surface area contributed by atoms with E-state index in [4.69, 9.17) is 0 Å². The molecule has 2 heterocycles. The second-order valence-electron chi connectivity index (χ2n) is 7.14. The SMILES string of the molecule is O=C(CSc1nnc(NC(=O)C2(c3cccs3)CCCC2)s1)NCc1ccccc1. The highest BCUT2D eigenvalue weighted by Crippen LogP contribution is 2.44. The van der Waals surface area contributed by atoms with Gasteiger partial charge in [-0.1, -0.05) is 72.3 Å². The third-order valence-corrected chi connectivity index (χ3v) is 8.22. The summed E-state index contributed by atoms with van der Waals surface area (Å²) >= 11 is 4.26. The van der Waals surface area contributed by atoms with E-state index in [1.165, 1.54) is 23.1 Å². The number of carbonyl (C=O) groups excluding carboxylic acids is 2. The van der Waals surface area contributed by atoms with Crippen molar-refractivity contribution in [3.8, 4) is 0 Å². The average molecular weight is 459 g/mol. The number of thioether (sulfide) groups is 1. The van der Waals surface area contributed by atoms with Crippen LogP contribution in [0.25, 0.3) is 0 Å². The molecular weight excluding hydrogens is 436 g/mol. The van der Waals surface area contributed by atoms with E-state index in [2.05, 4.69) is 20.8 Å². The van der Waals surface area contributed by atoms with E-state index in [-0.39, 0.29) is 17.6 Å². The van der Waals surface area contributed by atoms with Gasteiger partial charge in [-0.2, -0.15) is 0 Å². The Morgan fingerprint density at radius 3 is 2.60 bits per heavy atom. The number of hydrogen-bond donors (Lipinski definition) is 2. The summed E-state index contributed by atoms with van der Waals surface area (Å²) in [4.78, 5) is 26.3. The molecule has 1 aromatic carbocycles. The highest BCUT2D eigenvalue weighted by molar-refractivity contribution is 8.01. The van der Waals surface area contributed by atoms with Crippen LogP contribution in [0.4, 0.5) is 5.13 Å². The molecule has 156 valence electrons. The summed E-state index contributed by atoms with van der Waals surface area (Å²) in [6, 6.07) is 13.8. The normalized spacial score (nSPS) is 15.1. The first-order valence-electron chi connectivity index (χ1n) is 9.78. The number of amides is 2. The molecular formula is C21H22N4O2S3. The Bertz CT molecular complexity index is 983. The number of hydrogen-bond acceptors (Lipinski definition) is 7. The van der Waals surface area contributed by atoms with Crippen molar-refractivity contribution in [2.45, 2.75) is 42.0 Å². The van der Waals surface area contributed by atoms with Crippen LogP contribution in [0.1, 0.15) is 36.1 Å². The van der Waals surface area contributed by atoms with Gasteiger partial charge in [0.1, 0.15) is 0 Å². The van der Waals surface area contributed by atoms with Crippen molar-refractivity contribution in [3.05, 3.63) is 58.3 Å². The highest BCUT2D eigenvalue weighted by atomic mass is 32.2. The van der Waals surface area contributed by atoms with E-state index >= 15 is 0 Å². The lowest BCUT2D eigenvalue weighted by atomic mass is 9.83. The summed E-state index contributed by atoms with van der Waals surface area (Å²) in [5, 5.41) is 16.6. The number of carbonyl (C=O) groups is 2. The average Bonchev–Trinajstić information content (AvgIpc) is 3.53. The van der Waals surface area contributed by atoms with Crippen molar-refractivity contribution in [1.29, 1.82) is 0 Å². The first kappa shape index (κ1) is 21.0. The summed E-state index contributed by atoms with van der Waals surface area (Å²) < 4.78 is 0.664. The molecule has 30 heavy (non-hydrogen) atoms. The van der Waals surface area contributed by atoms with Gasteiger partial charge in [-0.25, -0.2) is 0 Å². The van der Waals surface area contributed by atoms with Crippen LogP contribution < -0.4 is 10.6 Å². The molecule has 2 amide bonds. The van der Waals surface area contributed by atoms with E-state index < -0.39 is 5.41 Å². The van der Waals surface area contributed by atoms with Crippen LogP contribution in [0, 0.1) is 0 Å². The minimum absolute atomic E-state index is 0.00393. The van der Waals surface area contributed by atoms with Crippen LogP contribution in [-0.4, -0.2) is 27.8 Å². The third kappa shape index (κ3) is 4.91. The summed E-state index contributed by atoms with van der Waals surface area (Å²) in [7, 11) is 0. The Morgan fingerprint density at radius 2 is 1.87 bits per heavy atom. The summed E-state index contributed by atoms with van der Waals surface area (Å²) in [5.41, 5.74) is 0.605. The zero-order chi connectivity index (χ0) is 20.8. The largest absolute Gasteiger partial charge is 0.351 e. The van der Waals surface area contributed by atoms with Gasteiger partial charge >= 0.3 is 0 Å². The van der Waals surface area contributed by atoms with Crippen molar-refractivity contribution in [3.63, 3.8) is 0 Å². The number of rotatable bonds is 8. The molecule has 0 unspecified atom stereocenters. The Hall–Kier alpha value is -2.23. The Kier molecular flexibility index (Phi) is 6.81. The van der Waals surface area contributed by atoms with E-state index in [0.29, 0.717) is 16.0 Å². The van der Waals surface area contributed by atoms with Gasteiger partial charge in [0, 0.05) is 11.4 Å². The lowest BCUT2D eigenvalue weighted by Gasteiger charge is -2.25. The fraction of sp³-hybridized carbons (Fsp3) is 0.333. The number of thiophene rings is 1. The monoisotopic (exact) mass is 458 g/mol. The molecule has 0 saturated heterocycles. The van der Waals surface area contributed by atoms with Crippen LogP contribution in [0.15, 0.2) is 52.2 Å². The van der Waals surface area contributed by atoms with Crippen LogP contribution in [0.2, 0.25) is 0 Å². The summed E-state index contributed by atoms with van der Waals surface area (Å²) in [6.45, 7) is 0.502. The molecule has 1 fully saturated rings. The molecule has 4 rings (SSSR count). The van der Waals surface area contributed by atoms with Crippen molar-refractivity contribution in [2.24, 2.45) is 0 Å². The standard InChI is InChI=1S/C21H22N4O2S3/c26-17(22-13-15-7-2-1-3-8-15)14-29-20-25-24-19(30-20)23-18(27)21(10-4-5-11-21)16-9-6-12-28-16/h1-3,6-9,12H,4-5,10-11,13-14H2,(H,22,26)(H,23,24,27). The van der Waals surface area contributed by atoms with Crippen LogP contribution in [0.5, 0.6) is 0 Å². The molecule has 2 N–H and O–H groups in total. The number of anilines is 1. The zero-order valence-corrected chi connectivity index (χ0v) is 18.7. The quantitative estimate of drug-likeness (QED) is 0.385. The molecule has 3 aromatic rings. The molecule has 0 bridgehead atoms. The predicted molar refractivity (Wildman–Crippen MR) is 122 cm³/mol. The maximum Gasteiger partial charge on any atom is 0.237 e. The Morgan fingerprint density at radius 1 is 1.07 bits per heavy atom. The molecule has 0 atom stereocenters. The fourth-order valence-corrected chi connectivity index (χ4v) is 6.19. The van der Waals surface area contributed by atoms with Gasteiger partial charge in [-0.05, 0) is 29.9 Å². The van der Waals surface area contributed by atoms with E-state index in [1.807, 2.05) is 47.8 Å². The molecule has 0 radical (unpaired) electrons. The molecule has 0 aliphatic heterocycles. The first-order chi connectivity index (χ1) is 14.7. The topological polar surface area (TPSA) is 84.0 Å². The molecule has 6 nitrogen and oxygen atoms in total. The fourth-order valence-electron chi connectivity index (χ4n) is 3.62. The number of nitrogens with zero attached hydrogens (tertiary/aromatic N) is 2. The molecule has 1 aliphatic rings. The van der Waals surface area contributed by atoms with Crippen molar-refractivity contribution >= 4 is 51.4 Å². The third-order valence-electron chi connectivity index (χ3n) is 5.17. The molecule has 1 aliphatic carbocycles. The van der Waals surface area contributed by atoms with Gasteiger partial charge in [0.15, 0.2) is 4.34 Å². The second kappa shape index (κ2) is 9.72. The molecule has 1 saturated carbocycles. The van der Waals surface area contributed by atoms with Gasteiger partial charge < -0.3 is 5.32 Å².